The number of H-pyrrole nitrogens is 1. The average molecular weight is 427 g/mol. The van der Waals surface area contributed by atoms with E-state index in [0.29, 0.717) is 22.2 Å². The van der Waals surface area contributed by atoms with E-state index in [1.54, 1.807) is 36.4 Å². The van der Waals surface area contributed by atoms with E-state index in [2.05, 4.69) is 9.97 Å². The van der Waals surface area contributed by atoms with Crippen LogP contribution in [0.5, 0.6) is 0 Å². The summed E-state index contributed by atoms with van der Waals surface area (Å²) in [5.74, 6) is -2.25. The van der Waals surface area contributed by atoms with Gasteiger partial charge in [-0.25, -0.2) is 9.37 Å². The van der Waals surface area contributed by atoms with E-state index in [-0.39, 0.29) is 17.3 Å². The fraction of sp³-hybridized carbons (Fsp3) is 0.0800. The van der Waals surface area contributed by atoms with Gasteiger partial charge in [0.05, 0.1) is 22.6 Å². The Balaban J connectivity index is 1.72. The molecule has 1 aliphatic heterocycles. The molecule has 7 heteroatoms. The Morgan fingerprint density at radius 3 is 2.47 bits per heavy atom. The molecule has 3 aromatic carbocycles. The van der Waals surface area contributed by atoms with Crippen molar-refractivity contribution in [3.8, 4) is 0 Å². The smallest absolute Gasteiger partial charge is 0.302 e. The Labute approximate surface area is 182 Å². The van der Waals surface area contributed by atoms with Gasteiger partial charge in [-0.2, -0.15) is 0 Å². The largest absolute Gasteiger partial charge is 0.507 e. The first-order valence-electron chi connectivity index (χ1n) is 10.0. The zero-order valence-corrected chi connectivity index (χ0v) is 17.0. The Morgan fingerprint density at radius 1 is 1.03 bits per heavy atom. The van der Waals surface area contributed by atoms with Gasteiger partial charge in [-0.15, -0.1) is 0 Å². The molecular formula is C25H18FN3O3. The number of carbonyl (C=O) groups excluding carboxylic acids is 2. The maximum atomic E-state index is 13.7. The van der Waals surface area contributed by atoms with Crippen molar-refractivity contribution in [1.29, 1.82) is 0 Å². The van der Waals surface area contributed by atoms with Gasteiger partial charge in [-0.1, -0.05) is 60.2 Å². The summed E-state index contributed by atoms with van der Waals surface area (Å²) in [6.07, 6.45) is 0. The van der Waals surface area contributed by atoms with Crippen molar-refractivity contribution in [2.75, 3.05) is 4.90 Å². The second-order valence-corrected chi connectivity index (χ2v) is 7.67. The van der Waals surface area contributed by atoms with Crippen molar-refractivity contribution in [1.82, 2.24) is 9.97 Å². The first kappa shape index (κ1) is 19.7. The molecule has 6 nitrogen and oxygen atoms in total. The molecule has 1 fully saturated rings. The van der Waals surface area contributed by atoms with Crippen LogP contribution in [0.25, 0.3) is 16.8 Å². The number of aliphatic hydroxyl groups excluding tert-OH is 1. The number of ketones is 1. The molecule has 158 valence electrons. The highest BCUT2D eigenvalue weighted by atomic mass is 19.1. The van der Waals surface area contributed by atoms with Gasteiger partial charge in [0.15, 0.2) is 0 Å². The quantitative estimate of drug-likeness (QED) is 0.283. The number of hydrogen-bond acceptors (Lipinski definition) is 4. The molecule has 32 heavy (non-hydrogen) atoms. The molecule has 1 amide bonds. The molecule has 1 saturated heterocycles. The Hall–Kier alpha value is -4.26. The number of Topliss-reactive ketones (excluding diaryl/α,β-unsaturated/α-hetero) is 1. The number of amides is 1. The first-order valence-corrected chi connectivity index (χ1v) is 10.0. The highest BCUT2D eigenvalue weighted by Crippen LogP contribution is 2.41. The van der Waals surface area contributed by atoms with Crippen LogP contribution >= 0.6 is 0 Å². The molecule has 0 spiro atoms. The lowest BCUT2D eigenvalue weighted by Crippen LogP contribution is -2.30. The molecule has 1 unspecified atom stereocenters. The normalized spacial score (nSPS) is 17.9. The molecule has 1 aromatic heterocycles. The van der Waals surface area contributed by atoms with Gasteiger partial charge in [0, 0.05) is 5.56 Å². The van der Waals surface area contributed by atoms with Crippen molar-refractivity contribution in [2.45, 2.75) is 13.0 Å². The van der Waals surface area contributed by atoms with Gasteiger partial charge in [-0.05, 0) is 30.7 Å². The van der Waals surface area contributed by atoms with Crippen LogP contribution in [0.3, 0.4) is 0 Å². The summed E-state index contributed by atoms with van der Waals surface area (Å²) in [5, 5.41) is 11.1. The van der Waals surface area contributed by atoms with Crippen LogP contribution in [-0.4, -0.2) is 26.8 Å². The average Bonchev–Trinajstić information content (AvgIpc) is 3.32. The highest BCUT2D eigenvalue weighted by Gasteiger charge is 2.48. The van der Waals surface area contributed by atoms with Gasteiger partial charge in [0.1, 0.15) is 11.6 Å². The number of rotatable bonds is 3. The number of anilines is 1. The fourth-order valence-electron chi connectivity index (χ4n) is 3.95. The molecular weight excluding hydrogens is 409 g/mol. The Kier molecular flexibility index (Phi) is 4.59. The molecule has 1 atom stereocenters. The number of imidazole rings is 1. The molecule has 0 radical (unpaired) electrons. The standard InChI is InChI=1S/C25H18FN3O3/c1-14-7-9-16(10-8-14)22(30)20-21(15-5-3-2-4-6-15)29(24(32)23(20)31)25-27-18-12-11-17(26)13-19(18)28-25/h2-13,21,30H,1H3,(H,27,28)/b22-20+. The number of aromatic nitrogens is 2. The minimum atomic E-state index is -0.900. The number of aromatic amines is 1. The predicted molar refractivity (Wildman–Crippen MR) is 118 cm³/mol. The SMILES string of the molecule is Cc1ccc(/C(O)=C2\C(=O)C(=O)N(c3nc4ccc(F)cc4[nH]3)C2c2ccccc2)cc1. The van der Waals surface area contributed by atoms with E-state index < -0.39 is 23.5 Å². The molecule has 5 rings (SSSR count). The third kappa shape index (κ3) is 3.15. The third-order valence-corrected chi connectivity index (χ3v) is 5.54. The lowest BCUT2D eigenvalue weighted by atomic mass is 9.95. The van der Waals surface area contributed by atoms with E-state index in [9.17, 15) is 19.1 Å². The summed E-state index contributed by atoms with van der Waals surface area (Å²) in [6.45, 7) is 1.91. The van der Waals surface area contributed by atoms with E-state index in [1.165, 1.54) is 23.1 Å². The summed E-state index contributed by atoms with van der Waals surface area (Å²) in [7, 11) is 0. The lowest BCUT2D eigenvalue weighted by Gasteiger charge is -2.23. The van der Waals surface area contributed by atoms with E-state index in [1.807, 2.05) is 25.1 Å². The van der Waals surface area contributed by atoms with Crippen molar-refractivity contribution in [3.05, 3.63) is 101 Å². The monoisotopic (exact) mass is 427 g/mol. The Bertz CT molecular complexity index is 1390. The van der Waals surface area contributed by atoms with Gasteiger partial charge < -0.3 is 10.1 Å². The highest BCUT2D eigenvalue weighted by molar-refractivity contribution is 6.51. The summed E-state index contributed by atoms with van der Waals surface area (Å²) < 4.78 is 13.7. The Morgan fingerprint density at radius 2 is 1.75 bits per heavy atom. The number of hydrogen-bond donors (Lipinski definition) is 2. The maximum Gasteiger partial charge on any atom is 0.302 e. The molecule has 1 aliphatic rings. The topological polar surface area (TPSA) is 86.3 Å². The number of nitrogens with zero attached hydrogens (tertiary/aromatic N) is 2. The molecule has 2 N–H and O–H groups in total. The van der Waals surface area contributed by atoms with E-state index in [0.717, 1.165) is 5.56 Å². The summed E-state index contributed by atoms with van der Waals surface area (Å²) in [6, 6.07) is 19.1. The van der Waals surface area contributed by atoms with E-state index >= 15 is 0 Å². The number of aryl methyl sites for hydroxylation is 1. The number of halogens is 1. The van der Waals surface area contributed by atoms with Crippen molar-refractivity contribution in [3.63, 3.8) is 0 Å². The summed E-state index contributed by atoms with van der Waals surface area (Å²) >= 11 is 0. The van der Waals surface area contributed by atoms with Crippen LogP contribution in [-0.2, 0) is 9.59 Å². The summed E-state index contributed by atoms with van der Waals surface area (Å²) in [4.78, 5) is 34.8. The maximum absolute atomic E-state index is 13.7. The number of carbonyl (C=O) groups is 2. The van der Waals surface area contributed by atoms with Crippen LogP contribution in [0.2, 0.25) is 0 Å². The van der Waals surface area contributed by atoms with Gasteiger partial charge >= 0.3 is 5.91 Å². The molecule has 0 bridgehead atoms. The minimum absolute atomic E-state index is 0.0308. The van der Waals surface area contributed by atoms with Crippen LogP contribution in [0, 0.1) is 12.7 Å². The van der Waals surface area contributed by atoms with Crippen molar-refractivity contribution in [2.24, 2.45) is 0 Å². The molecule has 0 aliphatic carbocycles. The van der Waals surface area contributed by atoms with Crippen LogP contribution < -0.4 is 4.90 Å². The van der Waals surface area contributed by atoms with Gasteiger partial charge in [0.2, 0.25) is 5.95 Å². The van der Waals surface area contributed by atoms with Crippen LogP contribution in [0.15, 0.2) is 78.4 Å². The fourth-order valence-corrected chi connectivity index (χ4v) is 3.95. The van der Waals surface area contributed by atoms with Crippen molar-refractivity contribution < 1.29 is 19.1 Å². The third-order valence-electron chi connectivity index (χ3n) is 5.54. The molecule has 2 heterocycles. The summed E-state index contributed by atoms with van der Waals surface area (Å²) in [5.41, 5.74) is 2.88. The minimum Gasteiger partial charge on any atom is -0.507 e. The lowest BCUT2D eigenvalue weighted by molar-refractivity contribution is -0.132. The zero-order valence-electron chi connectivity index (χ0n) is 17.0. The van der Waals surface area contributed by atoms with Gasteiger partial charge in [0.25, 0.3) is 5.78 Å². The number of benzene rings is 3. The first-order chi connectivity index (χ1) is 15.4. The zero-order chi connectivity index (χ0) is 22.4. The molecule has 0 saturated carbocycles. The number of aliphatic hydroxyl groups is 1. The van der Waals surface area contributed by atoms with Crippen LogP contribution in [0.4, 0.5) is 10.3 Å². The number of fused-ring (bicyclic) bond motifs is 1. The number of nitrogens with one attached hydrogen (secondary N) is 1. The van der Waals surface area contributed by atoms with E-state index in [4.69, 9.17) is 0 Å². The predicted octanol–water partition coefficient (Wildman–Crippen LogP) is 4.64. The van der Waals surface area contributed by atoms with Crippen molar-refractivity contribution >= 4 is 34.4 Å². The van der Waals surface area contributed by atoms with Crippen LogP contribution in [0.1, 0.15) is 22.7 Å². The van der Waals surface area contributed by atoms with Gasteiger partial charge in [-0.3, -0.25) is 14.5 Å². The molecule has 4 aromatic rings. The second-order valence-electron chi connectivity index (χ2n) is 7.67. The second kappa shape index (κ2) is 7.46.